The van der Waals surface area contributed by atoms with E-state index in [2.05, 4.69) is 25.2 Å². The Labute approximate surface area is 175 Å². The van der Waals surface area contributed by atoms with Crippen LogP contribution in [0.2, 0.25) is 5.02 Å². The fourth-order valence-corrected chi connectivity index (χ4v) is 3.89. The highest BCUT2D eigenvalue weighted by molar-refractivity contribution is 6.35. The van der Waals surface area contributed by atoms with Crippen LogP contribution in [0, 0.1) is 6.92 Å². The quantitative estimate of drug-likeness (QED) is 0.660. The molecular formula is C20H23Cl2N5O. The molecule has 1 saturated heterocycles. The van der Waals surface area contributed by atoms with E-state index in [0.717, 1.165) is 49.1 Å². The summed E-state index contributed by atoms with van der Waals surface area (Å²) in [7, 11) is 0. The second-order valence-electron chi connectivity index (χ2n) is 6.91. The summed E-state index contributed by atoms with van der Waals surface area (Å²) in [5.41, 5.74) is 3.01. The van der Waals surface area contributed by atoms with Crippen molar-refractivity contribution >= 4 is 46.9 Å². The number of nitrogens with zero attached hydrogens (tertiary/aromatic N) is 3. The van der Waals surface area contributed by atoms with Gasteiger partial charge in [0.2, 0.25) is 5.95 Å². The number of amides is 1. The number of fused-ring (bicyclic) bond motifs is 1. The standard InChI is InChI=1S/C20H22ClN5O.ClH/c1-13-11-14(8-10-23-13)19(27)25-20-24-17-7-4-6-16(21)18(17)26(20)15-5-2-3-9-22-12-15;/h4,6-8,10-11,15,22H,2-3,5,9,12H2,1H3,(H,24,25,27);1H. The molecule has 2 aromatic heterocycles. The lowest BCUT2D eigenvalue weighted by atomic mass is 10.1. The Bertz CT molecular complexity index is 980. The number of carbonyl (C=O) groups is 1. The van der Waals surface area contributed by atoms with Crippen molar-refractivity contribution in [3.8, 4) is 0 Å². The van der Waals surface area contributed by atoms with Gasteiger partial charge >= 0.3 is 0 Å². The van der Waals surface area contributed by atoms with E-state index in [1.807, 2.05) is 25.1 Å². The summed E-state index contributed by atoms with van der Waals surface area (Å²) in [6.45, 7) is 3.70. The number of benzene rings is 1. The largest absolute Gasteiger partial charge is 0.315 e. The van der Waals surface area contributed by atoms with Gasteiger partial charge in [-0.1, -0.05) is 24.1 Å². The molecule has 1 unspecified atom stereocenters. The molecule has 0 bridgehead atoms. The number of halogens is 2. The van der Waals surface area contributed by atoms with Crippen molar-refractivity contribution < 1.29 is 4.79 Å². The molecule has 1 aliphatic heterocycles. The van der Waals surface area contributed by atoms with E-state index >= 15 is 0 Å². The van der Waals surface area contributed by atoms with Crippen molar-refractivity contribution in [2.75, 3.05) is 18.4 Å². The number of aromatic nitrogens is 3. The normalized spacial score (nSPS) is 17.0. The second-order valence-corrected chi connectivity index (χ2v) is 7.31. The van der Waals surface area contributed by atoms with Crippen molar-refractivity contribution in [1.82, 2.24) is 19.9 Å². The molecule has 1 aromatic carbocycles. The van der Waals surface area contributed by atoms with Gasteiger partial charge in [0.25, 0.3) is 5.91 Å². The molecule has 4 rings (SSSR count). The number of rotatable bonds is 3. The van der Waals surface area contributed by atoms with Crippen LogP contribution in [0.25, 0.3) is 11.0 Å². The van der Waals surface area contributed by atoms with Crippen LogP contribution in [0.1, 0.15) is 41.4 Å². The van der Waals surface area contributed by atoms with E-state index in [4.69, 9.17) is 11.6 Å². The van der Waals surface area contributed by atoms with Gasteiger partial charge < -0.3 is 9.88 Å². The molecule has 1 amide bonds. The summed E-state index contributed by atoms with van der Waals surface area (Å²) in [6, 6.07) is 9.33. The van der Waals surface area contributed by atoms with E-state index in [1.165, 1.54) is 0 Å². The number of hydrogen-bond donors (Lipinski definition) is 2. The Morgan fingerprint density at radius 2 is 2.18 bits per heavy atom. The summed E-state index contributed by atoms with van der Waals surface area (Å²) in [6.07, 6.45) is 4.92. The van der Waals surface area contributed by atoms with Gasteiger partial charge in [0, 0.05) is 30.0 Å². The molecule has 28 heavy (non-hydrogen) atoms. The maximum absolute atomic E-state index is 12.8. The highest BCUT2D eigenvalue weighted by atomic mass is 35.5. The topological polar surface area (TPSA) is 71.8 Å². The maximum Gasteiger partial charge on any atom is 0.258 e. The summed E-state index contributed by atoms with van der Waals surface area (Å²) >= 11 is 6.51. The molecule has 1 atom stereocenters. The van der Waals surface area contributed by atoms with E-state index in [-0.39, 0.29) is 24.4 Å². The van der Waals surface area contributed by atoms with Crippen LogP contribution in [0.15, 0.2) is 36.5 Å². The van der Waals surface area contributed by atoms with Crippen LogP contribution in [0.4, 0.5) is 5.95 Å². The van der Waals surface area contributed by atoms with Crippen LogP contribution in [0.5, 0.6) is 0 Å². The molecule has 6 nitrogen and oxygen atoms in total. The zero-order valence-electron chi connectivity index (χ0n) is 15.6. The minimum Gasteiger partial charge on any atom is -0.315 e. The van der Waals surface area contributed by atoms with Gasteiger partial charge in [-0.3, -0.25) is 15.1 Å². The number of nitrogens with one attached hydrogen (secondary N) is 2. The first kappa shape index (κ1) is 20.6. The van der Waals surface area contributed by atoms with Crippen LogP contribution in [0.3, 0.4) is 0 Å². The summed E-state index contributed by atoms with van der Waals surface area (Å²) < 4.78 is 2.09. The Morgan fingerprint density at radius 3 is 3.00 bits per heavy atom. The van der Waals surface area contributed by atoms with Crippen molar-refractivity contribution in [3.05, 3.63) is 52.8 Å². The first-order valence-electron chi connectivity index (χ1n) is 9.24. The average Bonchev–Trinajstić information content (AvgIpc) is 2.83. The van der Waals surface area contributed by atoms with E-state index in [1.54, 1.807) is 18.3 Å². The molecule has 8 heteroatoms. The van der Waals surface area contributed by atoms with Gasteiger partial charge in [-0.05, 0) is 50.6 Å². The van der Waals surface area contributed by atoms with Crippen LogP contribution in [-0.2, 0) is 0 Å². The fraction of sp³-hybridized carbons (Fsp3) is 0.350. The van der Waals surface area contributed by atoms with Crippen molar-refractivity contribution in [2.45, 2.75) is 32.2 Å². The smallest absolute Gasteiger partial charge is 0.258 e. The van der Waals surface area contributed by atoms with E-state index < -0.39 is 0 Å². The monoisotopic (exact) mass is 419 g/mol. The molecule has 0 radical (unpaired) electrons. The molecule has 3 aromatic rings. The van der Waals surface area contributed by atoms with Crippen molar-refractivity contribution in [2.24, 2.45) is 0 Å². The molecular weight excluding hydrogens is 397 g/mol. The first-order chi connectivity index (χ1) is 13.1. The number of anilines is 1. The zero-order valence-corrected chi connectivity index (χ0v) is 17.2. The number of carbonyl (C=O) groups excluding carboxylic acids is 1. The lowest BCUT2D eigenvalue weighted by Crippen LogP contribution is -2.25. The third-order valence-electron chi connectivity index (χ3n) is 4.93. The van der Waals surface area contributed by atoms with Crippen molar-refractivity contribution in [3.63, 3.8) is 0 Å². The third kappa shape index (κ3) is 4.14. The predicted octanol–water partition coefficient (Wildman–Crippen LogP) is 4.38. The highest BCUT2D eigenvalue weighted by Gasteiger charge is 2.23. The first-order valence-corrected chi connectivity index (χ1v) is 9.62. The van der Waals surface area contributed by atoms with E-state index in [0.29, 0.717) is 16.5 Å². The third-order valence-corrected chi connectivity index (χ3v) is 5.24. The molecule has 0 aliphatic carbocycles. The molecule has 1 fully saturated rings. The molecule has 2 N–H and O–H groups in total. The average molecular weight is 420 g/mol. The predicted molar refractivity (Wildman–Crippen MR) is 115 cm³/mol. The minimum absolute atomic E-state index is 0. The lowest BCUT2D eigenvalue weighted by Gasteiger charge is -2.20. The summed E-state index contributed by atoms with van der Waals surface area (Å²) in [5, 5.41) is 7.11. The highest BCUT2D eigenvalue weighted by Crippen LogP contribution is 2.32. The molecule has 3 heterocycles. The van der Waals surface area contributed by atoms with E-state index in [9.17, 15) is 4.79 Å². The molecule has 148 valence electrons. The SMILES string of the molecule is Cc1cc(C(=O)Nc2nc3cccc(Cl)c3n2C2CCCCNC2)ccn1.Cl. The van der Waals surface area contributed by atoms with Gasteiger partial charge in [-0.15, -0.1) is 12.4 Å². The fourth-order valence-electron chi connectivity index (χ4n) is 3.63. The Morgan fingerprint density at radius 1 is 1.32 bits per heavy atom. The zero-order chi connectivity index (χ0) is 18.8. The maximum atomic E-state index is 12.8. The molecule has 0 spiro atoms. The Balaban J connectivity index is 0.00000225. The number of hydrogen-bond acceptors (Lipinski definition) is 4. The second kappa shape index (κ2) is 8.90. The summed E-state index contributed by atoms with van der Waals surface area (Å²) in [4.78, 5) is 21.6. The Kier molecular flexibility index (Phi) is 6.54. The van der Waals surface area contributed by atoms with Gasteiger partial charge in [0.15, 0.2) is 0 Å². The Hall–Kier alpha value is -2.15. The van der Waals surface area contributed by atoms with Crippen LogP contribution >= 0.6 is 24.0 Å². The van der Waals surface area contributed by atoms with Gasteiger partial charge in [-0.2, -0.15) is 0 Å². The number of pyridine rings is 1. The van der Waals surface area contributed by atoms with Crippen molar-refractivity contribution in [1.29, 1.82) is 0 Å². The number of imidazole rings is 1. The minimum atomic E-state index is -0.199. The number of para-hydroxylation sites is 1. The molecule has 0 saturated carbocycles. The van der Waals surface area contributed by atoms with Crippen LogP contribution < -0.4 is 10.6 Å². The molecule has 1 aliphatic rings. The van der Waals surface area contributed by atoms with Gasteiger partial charge in [0.1, 0.15) is 0 Å². The number of aryl methyl sites for hydroxylation is 1. The summed E-state index contributed by atoms with van der Waals surface area (Å²) in [5.74, 6) is 0.334. The lowest BCUT2D eigenvalue weighted by molar-refractivity contribution is 0.102. The van der Waals surface area contributed by atoms with Gasteiger partial charge in [0.05, 0.1) is 16.1 Å². The van der Waals surface area contributed by atoms with Gasteiger partial charge in [-0.25, -0.2) is 4.98 Å². The van der Waals surface area contributed by atoms with Crippen LogP contribution in [-0.4, -0.2) is 33.5 Å².